The van der Waals surface area contributed by atoms with Crippen LogP contribution in [0.15, 0.2) is 30.6 Å². The first kappa shape index (κ1) is 12.6. The zero-order chi connectivity index (χ0) is 13.1. The highest BCUT2D eigenvalue weighted by Crippen LogP contribution is 2.26. The van der Waals surface area contributed by atoms with Crippen molar-refractivity contribution in [2.45, 2.75) is 26.4 Å². The smallest absolute Gasteiger partial charge is 0.165 e. The summed E-state index contributed by atoms with van der Waals surface area (Å²) in [7, 11) is 0. The third-order valence-corrected chi connectivity index (χ3v) is 2.58. The summed E-state index contributed by atoms with van der Waals surface area (Å²) in [6.45, 7) is 4.28. The van der Waals surface area contributed by atoms with E-state index in [2.05, 4.69) is 5.10 Å². The van der Waals surface area contributed by atoms with Gasteiger partial charge in [-0.2, -0.15) is 5.10 Å². The zero-order valence-electron chi connectivity index (χ0n) is 10.4. The second-order valence-corrected chi connectivity index (χ2v) is 4.31. The lowest BCUT2D eigenvalue weighted by molar-refractivity contribution is 0.469. The first-order chi connectivity index (χ1) is 8.60. The molecule has 0 atom stereocenters. The average molecular weight is 249 g/mol. The van der Waals surface area contributed by atoms with E-state index in [0.717, 1.165) is 0 Å². The van der Waals surface area contributed by atoms with Crippen LogP contribution in [0.4, 0.5) is 4.39 Å². The molecule has 4 nitrogen and oxygen atoms in total. The largest absolute Gasteiger partial charge is 0.454 e. The van der Waals surface area contributed by atoms with E-state index in [4.69, 9.17) is 10.5 Å². The molecule has 0 bridgehead atoms. The summed E-state index contributed by atoms with van der Waals surface area (Å²) in [5.41, 5.74) is 6.19. The van der Waals surface area contributed by atoms with Crippen LogP contribution in [0.25, 0.3) is 0 Å². The molecule has 0 saturated carbocycles. The van der Waals surface area contributed by atoms with Gasteiger partial charge >= 0.3 is 0 Å². The monoisotopic (exact) mass is 249 g/mol. The van der Waals surface area contributed by atoms with Crippen LogP contribution >= 0.6 is 0 Å². The molecule has 5 heteroatoms. The van der Waals surface area contributed by atoms with Gasteiger partial charge in [0.2, 0.25) is 0 Å². The maximum atomic E-state index is 13.1. The Labute approximate surface area is 105 Å². The van der Waals surface area contributed by atoms with Crippen molar-refractivity contribution in [2.24, 2.45) is 5.73 Å². The first-order valence-electron chi connectivity index (χ1n) is 5.80. The topological polar surface area (TPSA) is 53.1 Å². The fraction of sp³-hybridized carbons (Fsp3) is 0.308. The van der Waals surface area contributed by atoms with Crippen molar-refractivity contribution in [1.82, 2.24) is 9.78 Å². The number of ether oxygens (including phenoxy) is 1. The summed E-state index contributed by atoms with van der Waals surface area (Å²) in [5.74, 6) is 0.855. The van der Waals surface area contributed by atoms with E-state index in [1.807, 2.05) is 13.8 Å². The van der Waals surface area contributed by atoms with Gasteiger partial charge in [0.1, 0.15) is 11.6 Å². The maximum absolute atomic E-state index is 13.1. The highest BCUT2D eigenvalue weighted by molar-refractivity contribution is 5.37. The number of rotatable bonds is 4. The molecule has 0 aliphatic rings. The van der Waals surface area contributed by atoms with Crippen LogP contribution in [-0.2, 0) is 6.54 Å². The number of nitrogens with zero attached hydrogens (tertiary/aromatic N) is 2. The third kappa shape index (κ3) is 2.68. The second-order valence-electron chi connectivity index (χ2n) is 4.31. The van der Waals surface area contributed by atoms with Gasteiger partial charge in [-0.25, -0.2) is 4.39 Å². The van der Waals surface area contributed by atoms with Gasteiger partial charge in [0.15, 0.2) is 5.75 Å². The Hall–Kier alpha value is -1.88. The molecule has 0 aliphatic heterocycles. The summed E-state index contributed by atoms with van der Waals surface area (Å²) in [6.07, 6.45) is 3.43. The normalized spacial score (nSPS) is 10.9. The maximum Gasteiger partial charge on any atom is 0.165 e. The van der Waals surface area contributed by atoms with Crippen LogP contribution in [0.3, 0.4) is 0 Å². The number of hydrogen-bond donors (Lipinski definition) is 1. The minimum Gasteiger partial charge on any atom is -0.454 e. The molecule has 2 aromatic rings. The van der Waals surface area contributed by atoms with Gasteiger partial charge in [0, 0.05) is 18.2 Å². The summed E-state index contributed by atoms with van der Waals surface area (Å²) >= 11 is 0. The molecule has 0 amide bonds. The van der Waals surface area contributed by atoms with Crippen molar-refractivity contribution in [1.29, 1.82) is 0 Å². The predicted molar refractivity (Wildman–Crippen MR) is 67.0 cm³/mol. The molecular weight excluding hydrogens is 233 g/mol. The van der Waals surface area contributed by atoms with E-state index in [0.29, 0.717) is 17.1 Å². The Morgan fingerprint density at radius 2 is 2.22 bits per heavy atom. The molecule has 0 aliphatic carbocycles. The van der Waals surface area contributed by atoms with E-state index >= 15 is 0 Å². The van der Waals surface area contributed by atoms with Crippen LogP contribution < -0.4 is 10.5 Å². The summed E-state index contributed by atoms with van der Waals surface area (Å²) in [4.78, 5) is 0. The fourth-order valence-corrected chi connectivity index (χ4v) is 1.59. The second kappa shape index (κ2) is 5.18. The zero-order valence-corrected chi connectivity index (χ0v) is 10.4. The van der Waals surface area contributed by atoms with Crippen molar-refractivity contribution >= 4 is 0 Å². The molecule has 0 spiro atoms. The average Bonchev–Trinajstić information content (AvgIpc) is 2.80. The van der Waals surface area contributed by atoms with E-state index in [1.165, 1.54) is 12.1 Å². The molecule has 1 aromatic heterocycles. The van der Waals surface area contributed by atoms with Crippen molar-refractivity contribution < 1.29 is 9.13 Å². The Morgan fingerprint density at radius 3 is 2.83 bits per heavy atom. The third-order valence-electron chi connectivity index (χ3n) is 2.58. The van der Waals surface area contributed by atoms with Crippen molar-refractivity contribution in [2.75, 3.05) is 0 Å². The van der Waals surface area contributed by atoms with Crippen LogP contribution in [0.1, 0.15) is 25.5 Å². The molecule has 1 aromatic carbocycles. The minimum atomic E-state index is -0.319. The molecule has 96 valence electrons. The quantitative estimate of drug-likeness (QED) is 0.906. The minimum absolute atomic E-state index is 0.228. The lowest BCUT2D eigenvalue weighted by Gasteiger charge is -2.08. The molecule has 1 heterocycles. The van der Waals surface area contributed by atoms with Crippen LogP contribution in [0.5, 0.6) is 11.5 Å². The van der Waals surface area contributed by atoms with Gasteiger partial charge in [-0.15, -0.1) is 0 Å². The lowest BCUT2D eigenvalue weighted by Crippen LogP contribution is -2.00. The van der Waals surface area contributed by atoms with Crippen LogP contribution in [-0.4, -0.2) is 9.78 Å². The van der Waals surface area contributed by atoms with Crippen LogP contribution in [0, 0.1) is 5.82 Å². The Bertz CT molecular complexity index is 537. The van der Waals surface area contributed by atoms with Gasteiger partial charge in [-0.1, -0.05) is 0 Å². The van der Waals surface area contributed by atoms with Crippen molar-refractivity contribution in [3.63, 3.8) is 0 Å². The number of nitrogens with two attached hydrogens (primary N) is 1. The molecule has 2 N–H and O–H groups in total. The van der Waals surface area contributed by atoms with Gasteiger partial charge in [-0.3, -0.25) is 4.68 Å². The molecule has 0 radical (unpaired) electrons. The SMILES string of the molecule is CC(C)n1cc(Oc2ccc(F)cc2CN)cn1. The van der Waals surface area contributed by atoms with E-state index in [-0.39, 0.29) is 18.4 Å². The van der Waals surface area contributed by atoms with Gasteiger partial charge < -0.3 is 10.5 Å². The van der Waals surface area contributed by atoms with Crippen LogP contribution in [0.2, 0.25) is 0 Å². The van der Waals surface area contributed by atoms with Crippen molar-refractivity contribution in [3.8, 4) is 11.5 Å². The molecule has 18 heavy (non-hydrogen) atoms. The molecule has 0 unspecified atom stereocenters. The summed E-state index contributed by atoms with van der Waals surface area (Å²) < 4.78 is 20.5. The number of hydrogen-bond acceptors (Lipinski definition) is 3. The predicted octanol–water partition coefficient (Wildman–Crippen LogP) is 2.85. The number of aromatic nitrogens is 2. The summed E-state index contributed by atoms with van der Waals surface area (Å²) in [5, 5.41) is 4.17. The summed E-state index contributed by atoms with van der Waals surface area (Å²) in [6, 6.07) is 4.57. The highest BCUT2D eigenvalue weighted by Gasteiger charge is 2.08. The fourth-order valence-electron chi connectivity index (χ4n) is 1.59. The van der Waals surface area contributed by atoms with E-state index in [9.17, 15) is 4.39 Å². The Morgan fingerprint density at radius 1 is 1.44 bits per heavy atom. The number of benzene rings is 1. The van der Waals surface area contributed by atoms with Crippen molar-refractivity contribution in [3.05, 3.63) is 42.0 Å². The van der Waals surface area contributed by atoms with Gasteiger partial charge in [-0.05, 0) is 32.0 Å². The Kier molecular flexibility index (Phi) is 3.62. The van der Waals surface area contributed by atoms with E-state index < -0.39 is 0 Å². The Balaban J connectivity index is 2.22. The molecule has 2 rings (SSSR count). The highest BCUT2D eigenvalue weighted by atomic mass is 19.1. The van der Waals surface area contributed by atoms with E-state index in [1.54, 1.807) is 23.1 Å². The molecule has 0 fully saturated rings. The standard InChI is InChI=1S/C13H16FN3O/c1-9(2)17-8-12(7-16-17)18-13-4-3-11(14)5-10(13)6-15/h3-5,7-9H,6,15H2,1-2H3. The first-order valence-corrected chi connectivity index (χ1v) is 5.80. The van der Waals surface area contributed by atoms with Gasteiger partial charge in [0.25, 0.3) is 0 Å². The molecular formula is C13H16FN3O. The molecule has 0 saturated heterocycles. The lowest BCUT2D eigenvalue weighted by atomic mass is 10.2. The van der Waals surface area contributed by atoms with Gasteiger partial charge in [0.05, 0.1) is 12.4 Å². The number of halogens is 1.